The third-order valence-electron chi connectivity index (χ3n) is 1.79. The van der Waals surface area contributed by atoms with Crippen LogP contribution in [0.3, 0.4) is 0 Å². The fourth-order valence-electron chi connectivity index (χ4n) is 1.21. The third-order valence-corrected chi connectivity index (χ3v) is 1.79. The highest BCUT2D eigenvalue weighted by Gasteiger charge is 2.00. The van der Waals surface area contributed by atoms with Crippen molar-refractivity contribution in [3.63, 3.8) is 0 Å². The van der Waals surface area contributed by atoms with Gasteiger partial charge in [-0.15, -0.1) is 0 Å². The third kappa shape index (κ3) is 2.31. The standard InChI is InChI=1S/C10H16N2/c1-8-5-9(2)10(11-6-8)7-12(3)4/h5-6H,7H2,1-4H3. The first kappa shape index (κ1) is 9.20. The Morgan fingerprint density at radius 1 is 1.33 bits per heavy atom. The van der Waals surface area contributed by atoms with Crippen molar-refractivity contribution >= 4 is 0 Å². The van der Waals surface area contributed by atoms with E-state index in [1.807, 2.05) is 6.20 Å². The fraction of sp³-hybridized carbons (Fsp3) is 0.500. The molecule has 0 bridgehead atoms. The Kier molecular flexibility index (Phi) is 2.82. The van der Waals surface area contributed by atoms with E-state index in [0.717, 1.165) is 6.54 Å². The van der Waals surface area contributed by atoms with Gasteiger partial charge >= 0.3 is 0 Å². The quantitative estimate of drug-likeness (QED) is 0.662. The first-order chi connectivity index (χ1) is 5.59. The maximum absolute atomic E-state index is 4.38. The molecule has 0 atom stereocenters. The van der Waals surface area contributed by atoms with Crippen molar-refractivity contribution in [1.82, 2.24) is 9.88 Å². The molecular formula is C10H16N2. The summed E-state index contributed by atoms with van der Waals surface area (Å²) < 4.78 is 0. The molecule has 1 aromatic heterocycles. The molecule has 1 rings (SSSR count). The van der Waals surface area contributed by atoms with Gasteiger partial charge in [0.15, 0.2) is 0 Å². The number of aryl methyl sites for hydroxylation is 2. The number of nitrogens with zero attached hydrogens (tertiary/aromatic N) is 2. The van der Waals surface area contributed by atoms with Crippen molar-refractivity contribution < 1.29 is 0 Å². The second-order valence-corrected chi connectivity index (χ2v) is 3.51. The van der Waals surface area contributed by atoms with E-state index in [1.165, 1.54) is 16.8 Å². The molecule has 2 heteroatoms. The molecule has 0 fully saturated rings. The molecule has 0 saturated heterocycles. The predicted molar refractivity (Wildman–Crippen MR) is 51.1 cm³/mol. The average Bonchev–Trinajstić information content (AvgIpc) is 1.94. The molecule has 0 radical (unpaired) electrons. The summed E-state index contributed by atoms with van der Waals surface area (Å²) in [5, 5.41) is 0. The Bertz CT molecular complexity index is 267. The van der Waals surface area contributed by atoms with Crippen molar-refractivity contribution in [1.29, 1.82) is 0 Å². The lowest BCUT2D eigenvalue weighted by atomic mass is 10.1. The van der Waals surface area contributed by atoms with E-state index < -0.39 is 0 Å². The number of pyridine rings is 1. The van der Waals surface area contributed by atoms with E-state index in [2.05, 4.69) is 43.9 Å². The monoisotopic (exact) mass is 164 g/mol. The van der Waals surface area contributed by atoms with Crippen molar-refractivity contribution in [3.8, 4) is 0 Å². The molecule has 0 N–H and O–H groups in total. The lowest BCUT2D eigenvalue weighted by Gasteiger charge is -2.11. The smallest absolute Gasteiger partial charge is 0.0572 e. The summed E-state index contributed by atoms with van der Waals surface area (Å²) in [5.41, 5.74) is 3.68. The van der Waals surface area contributed by atoms with E-state index in [-0.39, 0.29) is 0 Å². The van der Waals surface area contributed by atoms with Gasteiger partial charge in [-0.2, -0.15) is 0 Å². The zero-order valence-corrected chi connectivity index (χ0v) is 8.26. The van der Waals surface area contributed by atoms with Crippen LogP contribution >= 0.6 is 0 Å². The highest BCUT2D eigenvalue weighted by atomic mass is 15.1. The van der Waals surface area contributed by atoms with Gasteiger partial charge in [0.05, 0.1) is 5.69 Å². The Labute approximate surface area is 74.2 Å². The van der Waals surface area contributed by atoms with Gasteiger partial charge in [-0.25, -0.2) is 0 Å². The molecule has 0 saturated carbocycles. The molecule has 0 aliphatic rings. The van der Waals surface area contributed by atoms with Gasteiger partial charge in [-0.3, -0.25) is 4.98 Å². The van der Waals surface area contributed by atoms with Crippen molar-refractivity contribution in [2.45, 2.75) is 20.4 Å². The summed E-state index contributed by atoms with van der Waals surface area (Å²) in [7, 11) is 4.11. The summed E-state index contributed by atoms with van der Waals surface area (Å²) in [6.07, 6.45) is 1.92. The summed E-state index contributed by atoms with van der Waals surface area (Å²) >= 11 is 0. The molecule has 0 amide bonds. The minimum Gasteiger partial charge on any atom is -0.304 e. The molecule has 0 aromatic carbocycles. The van der Waals surface area contributed by atoms with Crippen LogP contribution in [0.4, 0.5) is 0 Å². The van der Waals surface area contributed by atoms with E-state index in [4.69, 9.17) is 0 Å². The highest BCUT2D eigenvalue weighted by Crippen LogP contribution is 2.07. The largest absolute Gasteiger partial charge is 0.304 e. The van der Waals surface area contributed by atoms with Gasteiger partial charge in [-0.05, 0) is 39.1 Å². The summed E-state index contributed by atoms with van der Waals surface area (Å²) in [4.78, 5) is 6.51. The molecule has 66 valence electrons. The number of aromatic nitrogens is 1. The fourth-order valence-corrected chi connectivity index (χ4v) is 1.21. The van der Waals surface area contributed by atoms with Crippen LogP contribution < -0.4 is 0 Å². The molecule has 12 heavy (non-hydrogen) atoms. The maximum Gasteiger partial charge on any atom is 0.0572 e. The van der Waals surface area contributed by atoms with Gasteiger partial charge < -0.3 is 4.90 Å². The molecule has 0 aliphatic heterocycles. The predicted octanol–water partition coefficient (Wildman–Crippen LogP) is 1.76. The first-order valence-electron chi connectivity index (χ1n) is 4.16. The van der Waals surface area contributed by atoms with Gasteiger partial charge in [0.1, 0.15) is 0 Å². The summed E-state index contributed by atoms with van der Waals surface area (Å²) in [5.74, 6) is 0. The Hall–Kier alpha value is -0.890. The van der Waals surface area contributed by atoms with Gasteiger partial charge in [-0.1, -0.05) is 6.07 Å². The van der Waals surface area contributed by atoms with Crippen LogP contribution in [0.15, 0.2) is 12.3 Å². The van der Waals surface area contributed by atoms with E-state index in [9.17, 15) is 0 Å². The molecule has 1 aromatic rings. The normalized spacial score (nSPS) is 10.8. The summed E-state index contributed by atoms with van der Waals surface area (Å²) in [6, 6.07) is 2.17. The van der Waals surface area contributed by atoms with Crippen LogP contribution in [0.1, 0.15) is 16.8 Å². The van der Waals surface area contributed by atoms with Gasteiger partial charge in [0.25, 0.3) is 0 Å². The SMILES string of the molecule is Cc1cnc(CN(C)C)c(C)c1. The molecule has 0 aliphatic carbocycles. The van der Waals surface area contributed by atoms with Crippen molar-refractivity contribution in [2.24, 2.45) is 0 Å². The second-order valence-electron chi connectivity index (χ2n) is 3.51. The lowest BCUT2D eigenvalue weighted by molar-refractivity contribution is 0.395. The lowest BCUT2D eigenvalue weighted by Crippen LogP contribution is -2.13. The van der Waals surface area contributed by atoms with Crippen LogP contribution in [0, 0.1) is 13.8 Å². The molecule has 1 heterocycles. The minimum absolute atomic E-state index is 0.923. The maximum atomic E-state index is 4.38. The molecule has 0 unspecified atom stereocenters. The van der Waals surface area contributed by atoms with Gasteiger partial charge in [0.2, 0.25) is 0 Å². The molecule has 0 spiro atoms. The van der Waals surface area contributed by atoms with E-state index in [1.54, 1.807) is 0 Å². The van der Waals surface area contributed by atoms with E-state index >= 15 is 0 Å². The van der Waals surface area contributed by atoms with E-state index in [0.29, 0.717) is 0 Å². The zero-order chi connectivity index (χ0) is 9.14. The molecule has 2 nitrogen and oxygen atoms in total. The topological polar surface area (TPSA) is 16.1 Å². The number of hydrogen-bond acceptors (Lipinski definition) is 2. The number of hydrogen-bond donors (Lipinski definition) is 0. The Balaban J connectivity index is 2.86. The first-order valence-corrected chi connectivity index (χ1v) is 4.16. The Morgan fingerprint density at radius 2 is 2.00 bits per heavy atom. The van der Waals surface area contributed by atoms with Crippen LogP contribution in [0.5, 0.6) is 0 Å². The Morgan fingerprint density at radius 3 is 2.50 bits per heavy atom. The second kappa shape index (κ2) is 3.68. The van der Waals surface area contributed by atoms with Crippen LogP contribution in [-0.2, 0) is 6.54 Å². The zero-order valence-electron chi connectivity index (χ0n) is 8.26. The highest BCUT2D eigenvalue weighted by molar-refractivity contribution is 5.22. The van der Waals surface area contributed by atoms with Gasteiger partial charge in [0, 0.05) is 12.7 Å². The minimum atomic E-state index is 0.923. The summed E-state index contributed by atoms with van der Waals surface area (Å²) in [6.45, 7) is 5.10. The van der Waals surface area contributed by atoms with Crippen LogP contribution in [0.25, 0.3) is 0 Å². The van der Waals surface area contributed by atoms with Crippen molar-refractivity contribution in [2.75, 3.05) is 14.1 Å². The number of rotatable bonds is 2. The van der Waals surface area contributed by atoms with Crippen LogP contribution in [-0.4, -0.2) is 24.0 Å². The van der Waals surface area contributed by atoms with Crippen molar-refractivity contribution in [3.05, 3.63) is 29.1 Å². The average molecular weight is 164 g/mol. The molecular weight excluding hydrogens is 148 g/mol. The van der Waals surface area contributed by atoms with Crippen LogP contribution in [0.2, 0.25) is 0 Å².